The molecule has 0 bridgehead atoms. The number of halogens is 3. The molecule has 0 aliphatic heterocycles. The van der Waals surface area contributed by atoms with Crippen LogP contribution in [0, 0.1) is 5.41 Å². The van der Waals surface area contributed by atoms with Gasteiger partial charge in [-0.2, -0.15) is 0 Å². The predicted octanol–water partition coefficient (Wildman–Crippen LogP) is 5.94. The second kappa shape index (κ2) is 11.3. The molecule has 0 spiro atoms. The average molecular weight is 476 g/mol. The first-order valence-corrected chi connectivity index (χ1v) is 9.73. The first-order chi connectivity index (χ1) is 12.6. The first kappa shape index (κ1) is 23.5. The van der Waals surface area contributed by atoms with Crippen LogP contribution in [0.5, 0.6) is 5.75 Å². The average Bonchev–Trinajstić information content (AvgIpc) is 2.62. The fraction of sp³-hybridized carbons (Fsp3) is 0.300. The maximum Gasteiger partial charge on any atom is 0.302 e. The molecule has 146 valence electrons. The molecule has 0 aromatic heterocycles. The van der Waals surface area contributed by atoms with E-state index in [1.54, 1.807) is 38.1 Å². The van der Waals surface area contributed by atoms with Gasteiger partial charge in [0.05, 0.1) is 5.41 Å². The van der Waals surface area contributed by atoms with Gasteiger partial charge in [-0.25, -0.2) is 0 Å². The number of ketones is 1. The van der Waals surface area contributed by atoms with E-state index in [-0.39, 0.29) is 12.4 Å². The van der Waals surface area contributed by atoms with E-state index >= 15 is 0 Å². The number of hydrogen-bond donors (Lipinski definition) is 0. The summed E-state index contributed by atoms with van der Waals surface area (Å²) in [6.45, 7) is 4.69. The minimum Gasteiger partial charge on any atom is -0.471 e. The van der Waals surface area contributed by atoms with E-state index in [2.05, 4.69) is 15.9 Å². The van der Waals surface area contributed by atoms with Gasteiger partial charge in [-0.1, -0.05) is 41.4 Å². The summed E-state index contributed by atoms with van der Waals surface area (Å²) in [6.07, 6.45) is 0. The Hall–Kier alpha value is -1.56. The third kappa shape index (κ3) is 9.27. The summed E-state index contributed by atoms with van der Waals surface area (Å²) in [7, 11) is 0. The van der Waals surface area contributed by atoms with Gasteiger partial charge in [-0.3, -0.25) is 9.59 Å². The van der Waals surface area contributed by atoms with Crippen molar-refractivity contribution in [3.63, 3.8) is 0 Å². The number of esters is 1. The summed E-state index contributed by atoms with van der Waals surface area (Å²) in [6, 6.07) is 16.1. The van der Waals surface area contributed by atoms with E-state index in [4.69, 9.17) is 32.7 Å². The van der Waals surface area contributed by atoms with Crippen molar-refractivity contribution in [2.45, 2.75) is 25.8 Å². The van der Waals surface area contributed by atoms with Crippen LogP contribution in [-0.4, -0.2) is 23.4 Å². The van der Waals surface area contributed by atoms with E-state index < -0.39 is 16.4 Å². The molecule has 27 heavy (non-hydrogen) atoms. The van der Waals surface area contributed by atoms with E-state index in [1.807, 2.05) is 30.3 Å². The molecule has 0 aliphatic rings. The number of benzene rings is 2. The van der Waals surface area contributed by atoms with E-state index in [9.17, 15) is 9.59 Å². The minimum atomic E-state index is -0.841. The van der Waals surface area contributed by atoms with Crippen LogP contribution >= 0.6 is 39.1 Å². The number of carbonyl (C=O) groups excluding carboxylic acids is 2. The number of rotatable bonds is 6. The molecule has 0 saturated carbocycles. The third-order valence-electron chi connectivity index (χ3n) is 3.30. The minimum absolute atomic E-state index is 0.00719. The van der Waals surface area contributed by atoms with Crippen LogP contribution in [-0.2, 0) is 14.3 Å². The highest BCUT2D eigenvalue weighted by Gasteiger charge is 2.35. The van der Waals surface area contributed by atoms with Crippen LogP contribution in [0.1, 0.15) is 20.8 Å². The normalized spacial score (nSPS) is 11.6. The molecule has 2 aromatic rings. The van der Waals surface area contributed by atoms with Crippen molar-refractivity contribution in [2.75, 3.05) is 6.61 Å². The van der Waals surface area contributed by atoms with Crippen LogP contribution in [0.15, 0.2) is 54.6 Å². The number of hydrogen-bond acceptors (Lipinski definition) is 4. The maximum absolute atomic E-state index is 12.3. The van der Waals surface area contributed by atoms with E-state index in [0.29, 0.717) is 10.8 Å². The van der Waals surface area contributed by atoms with Gasteiger partial charge in [0.1, 0.15) is 12.4 Å². The molecule has 1 atom stereocenters. The van der Waals surface area contributed by atoms with Crippen molar-refractivity contribution < 1.29 is 19.1 Å². The van der Waals surface area contributed by atoms with E-state index in [1.165, 1.54) is 6.92 Å². The highest BCUT2D eigenvalue weighted by Crippen LogP contribution is 2.25. The predicted molar refractivity (Wildman–Crippen MR) is 112 cm³/mol. The highest BCUT2D eigenvalue weighted by atomic mass is 79.9. The summed E-state index contributed by atoms with van der Waals surface area (Å²) < 4.78 is 10.4. The SMILES string of the molecule is CC(=O)OCC(C)(C)C(=O)C(Br)Oc1ccc(Cl)cc1.Clc1ccccc1. The zero-order chi connectivity index (χ0) is 20.4. The molecular weight excluding hydrogens is 455 g/mol. The lowest BCUT2D eigenvalue weighted by atomic mass is 9.89. The largest absolute Gasteiger partial charge is 0.471 e. The Balaban J connectivity index is 0.000000433. The van der Waals surface area contributed by atoms with Gasteiger partial charge in [0.2, 0.25) is 5.01 Å². The van der Waals surface area contributed by atoms with Gasteiger partial charge < -0.3 is 9.47 Å². The van der Waals surface area contributed by atoms with Crippen molar-refractivity contribution in [3.8, 4) is 5.75 Å². The summed E-state index contributed by atoms with van der Waals surface area (Å²) in [5.41, 5.74) is -0.841. The first-order valence-electron chi connectivity index (χ1n) is 8.06. The highest BCUT2D eigenvalue weighted by molar-refractivity contribution is 9.09. The second-order valence-electron chi connectivity index (χ2n) is 6.21. The standard InChI is InChI=1S/C14H16BrClO4.C6H5Cl/c1-9(17)19-8-14(2,3)12(18)13(15)20-11-6-4-10(16)5-7-11;7-6-4-2-1-3-5-6/h4-7,13H,8H2,1-3H3;1-5H. The second-order valence-corrected chi connectivity index (χ2v) is 7.92. The van der Waals surface area contributed by atoms with Crippen LogP contribution in [0.25, 0.3) is 0 Å². The Labute approximate surface area is 177 Å². The van der Waals surface area contributed by atoms with Crippen LogP contribution in [0.4, 0.5) is 0 Å². The monoisotopic (exact) mass is 474 g/mol. The van der Waals surface area contributed by atoms with Gasteiger partial charge >= 0.3 is 5.97 Å². The molecule has 4 nitrogen and oxygen atoms in total. The van der Waals surface area contributed by atoms with Crippen LogP contribution in [0.3, 0.4) is 0 Å². The zero-order valence-electron chi connectivity index (χ0n) is 15.2. The lowest BCUT2D eigenvalue weighted by Crippen LogP contribution is -2.38. The van der Waals surface area contributed by atoms with Crippen molar-refractivity contribution in [3.05, 3.63) is 64.6 Å². The lowest BCUT2D eigenvalue weighted by molar-refractivity contribution is -0.147. The van der Waals surface area contributed by atoms with Crippen molar-refractivity contribution in [2.24, 2.45) is 5.41 Å². The summed E-state index contributed by atoms with van der Waals surface area (Å²) >= 11 is 14.5. The van der Waals surface area contributed by atoms with Gasteiger partial charge in [0.25, 0.3) is 0 Å². The maximum atomic E-state index is 12.3. The third-order valence-corrected chi connectivity index (χ3v) is 4.40. The van der Waals surface area contributed by atoms with E-state index in [0.717, 1.165) is 5.02 Å². The number of Topliss-reactive ketones (excluding diaryl/α,β-unsaturated/α-hetero) is 1. The molecule has 0 radical (unpaired) electrons. The molecule has 1 unspecified atom stereocenters. The fourth-order valence-electron chi connectivity index (χ4n) is 1.76. The summed E-state index contributed by atoms with van der Waals surface area (Å²) in [4.78, 5) is 23.1. The van der Waals surface area contributed by atoms with Crippen LogP contribution in [0.2, 0.25) is 10.0 Å². The summed E-state index contributed by atoms with van der Waals surface area (Å²) in [5.74, 6) is -0.114. The Bertz CT molecular complexity index is 733. The summed E-state index contributed by atoms with van der Waals surface area (Å²) in [5, 5.41) is 0.557. The van der Waals surface area contributed by atoms with Crippen molar-refractivity contribution >= 4 is 50.9 Å². The number of carbonyl (C=O) groups is 2. The molecule has 0 saturated heterocycles. The topological polar surface area (TPSA) is 52.6 Å². The quantitative estimate of drug-likeness (QED) is 0.383. The molecule has 2 rings (SSSR count). The molecule has 2 aromatic carbocycles. The Morgan fingerprint density at radius 1 is 1.00 bits per heavy atom. The number of ether oxygens (including phenoxy) is 2. The van der Waals surface area contributed by atoms with Crippen molar-refractivity contribution in [1.82, 2.24) is 0 Å². The Morgan fingerprint density at radius 3 is 1.96 bits per heavy atom. The lowest BCUT2D eigenvalue weighted by Gasteiger charge is -2.25. The Kier molecular flexibility index (Phi) is 9.84. The molecular formula is C20H21BrCl2O4. The molecule has 7 heteroatoms. The molecule has 0 fully saturated rings. The molecule has 0 amide bonds. The van der Waals surface area contributed by atoms with Gasteiger partial charge in [0, 0.05) is 17.0 Å². The molecule has 0 aliphatic carbocycles. The van der Waals surface area contributed by atoms with Crippen LogP contribution < -0.4 is 4.74 Å². The zero-order valence-corrected chi connectivity index (χ0v) is 18.3. The number of alkyl halides is 1. The van der Waals surface area contributed by atoms with Crippen molar-refractivity contribution in [1.29, 1.82) is 0 Å². The smallest absolute Gasteiger partial charge is 0.302 e. The Morgan fingerprint density at radius 2 is 1.52 bits per heavy atom. The van der Waals surface area contributed by atoms with Gasteiger partial charge in [-0.05, 0) is 66.2 Å². The van der Waals surface area contributed by atoms with Gasteiger partial charge in [-0.15, -0.1) is 0 Å². The van der Waals surface area contributed by atoms with Gasteiger partial charge in [0.15, 0.2) is 5.78 Å². The fourth-order valence-corrected chi connectivity index (χ4v) is 2.87. The molecule has 0 heterocycles. The molecule has 0 N–H and O–H groups in total.